The van der Waals surface area contributed by atoms with Crippen molar-refractivity contribution in [1.29, 1.82) is 0 Å². The Labute approximate surface area is 105 Å². The van der Waals surface area contributed by atoms with Crippen molar-refractivity contribution in [2.75, 3.05) is 14.1 Å². The molecule has 0 amide bonds. The van der Waals surface area contributed by atoms with E-state index < -0.39 is 0 Å². The molecule has 1 rings (SSSR count). The molecule has 0 radical (unpaired) electrons. The fraction of sp³-hybridized carbons (Fsp3) is 0.467. The second-order valence-electron chi connectivity index (χ2n) is 4.96. The SMILES string of the molecule is Cc1cc(C)c(/C=C/CC(N)N(C)C)cc1C. The van der Waals surface area contributed by atoms with Gasteiger partial charge in [-0.2, -0.15) is 0 Å². The summed E-state index contributed by atoms with van der Waals surface area (Å²) in [5.41, 5.74) is 11.3. The summed E-state index contributed by atoms with van der Waals surface area (Å²) in [7, 11) is 4.00. The average Bonchev–Trinajstić information content (AvgIpc) is 2.25. The van der Waals surface area contributed by atoms with Crippen LogP contribution in [0.25, 0.3) is 6.08 Å². The van der Waals surface area contributed by atoms with Gasteiger partial charge in [0, 0.05) is 0 Å². The van der Waals surface area contributed by atoms with Gasteiger partial charge in [0.25, 0.3) is 0 Å². The van der Waals surface area contributed by atoms with Crippen LogP contribution in [-0.2, 0) is 0 Å². The second kappa shape index (κ2) is 5.99. The van der Waals surface area contributed by atoms with Crippen molar-refractivity contribution in [3.8, 4) is 0 Å². The molecule has 0 spiro atoms. The smallest absolute Gasteiger partial charge is 0.0602 e. The van der Waals surface area contributed by atoms with Crippen molar-refractivity contribution < 1.29 is 0 Å². The topological polar surface area (TPSA) is 29.3 Å². The highest BCUT2D eigenvalue weighted by Gasteiger charge is 2.02. The van der Waals surface area contributed by atoms with E-state index in [1.54, 1.807) is 0 Å². The predicted octanol–water partition coefficient (Wildman–Crippen LogP) is 2.86. The zero-order valence-electron chi connectivity index (χ0n) is 11.6. The van der Waals surface area contributed by atoms with E-state index in [1.165, 1.54) is 22.3 Å². The highest BCUT2D eigenvalue weighted by atomic mass is 15.2. The van der Waals surface area contributed by atoms with Gasteiger partial charge >= 0.3 is 0 Å². The van der Waals surface area contributed by atoms with Crippen LogP contribution in [-0.4, -0.2) is 25.2 Å². The molecule has 0 aliphatic carbocycles. The van der Waals surface area contributed by atoms with Crippen LogP contribution in [0.3, 0.4) is 0 Å². The second-order valence-corrected chi connectivity index (χ2v) is 4.96. The zero-order valence-corrected chi connectivity index (χ0v) is 11.6. The lowest BCUT2D eigenvalue weighted by atomic mass is 10.0. The minimum absolute atomic E-state index is 0.0955. The van der Waals surface area contributed by atoms with E-state index in [0.717, 1.165) is 6.42 Å². The number of nitrogens with two attached hydrogens (primary N) is 1. The molecule has 0 fully saturated rings. The summed E-state index contributed by atoms with van der Waals surface area (Å²) in [5.74, 6) is 0. The maximum atomic E-state index is 5.95. The van der Waals surface area contributed by atoms with E-state index >= 15 is 0 Å². The first kappa shape index (κ1) is 13.9. The van der Waals surface area contributed by atoms with Crippen LogP contribution in [0.4, 0.5) is 0 Å². The number of hydrogen-bond acceptors (Lipinski definition) is 2. The van der Waals surface area contributed by atoms with Crippen LogP contribution in [0.2, 0.25) is 0 Å². The molecule has 2 N–H and O–H groups in total. The molecule has 94 valence electrons. The molecule has 0 saturated carbocycles. The Morgan fingerprint density at radius 1 is 1.12 bits per heavy atom. The molecule has 2 heteroatoms. The summed E-state index contributed by atoms with van der Waals surface area (Å²) >= 11 is 0. The highest BCUT2D eigenvalue weighted by Crippen LogP contribution is 2.16. The number of rotatable bonds is 4. The van der Waals surface area contributed by atoms with Crippen LogP contribution in [0.5, 0.6) is 0 Å². The van der Waals surface area contributed by atoms with Crippen molar-refractivity contribution >= 4 is 6.08 Å². The van der Waals surface area contributed by atoms with Gasteiger partial charge in [0.15, 0.2) is 0 Å². The van der Waals surface area contributed by atoms with Crippen LogP contribution in [0.1, 0.15) is 28.7 Å². The molecule has 1 aromatic carbocycles. The standard InChI is InChI=1S/C15H24N2/c1-11-9-13(3)14(10-12(11)2)7-6-8-15(16)17(4)5/h6-7,9-10,15H,8,16H2,1-5H3/b7-6+. The van der Waals surface area contributed by atoms with E-state index in [2.05, 4.69) is 45.1 Å². The molecule has 0 aliphatic heterocycles. The number of benzene rings is 1. The van der Waals surface area contributed by atoms with Gasteiger partial charge in [-0.05, 0) is 63.5 Å². The first-order valence-electron chi connectivity index (χ1n) is 6.08. The van der Waals surface area contributed by atoms with Gasteiger partial charge in [0.1, 0.15) is 0 Å². The molecule has 0 bridgehead atoms. The third-order valence-corrected chi connectivity index (χ3v) is 3.22. The molecule has 0 heterocycles. The average molecular weight is 232 g/mol. The van der Waals surface area contributed by atoms with Gasteiger partial charge in [0.05, 0.1) is 6.17 Å². The third kappa shape index (κ3) is 3.99. The Morgan fingerprint density at radius 3 is 2.29 bits per heavy atom. The first-order valence-corrected chi connectivity index (χ1v) is 6.08. The van der Waals surface area contributed by atoms with Crippen molar-refractivity contribution in [2.24, 2.45) is 5.73 Å². The molecule has 0 saturated heterocycles. The van der Waals surface area contributed by atoms with Crippen LogP contribution < -0.4 is 5.73 Å². The monoisotopic (exact) mass is 232 g/mol. The van der Waals surface area contributed by atoms with Gasteiger partial charge in [-0.1, -0.05) is 24.3 Å². The Balaban J connectivity index is 2.75. The maximum Gasteiger partial charge on any atom is 0.0602 e. The van der Waals surface area contributed by atoms with E-state index in [0.29, 0.717) is 0 Å². The minimum atomic E-state index is 0.0955. The molecular weight excluding hydrogens is 208 g/mol. The van der Waals surface area contributed by atoms with E-state index in [9.17, 15) is 0 Å². The summed E-state index contributed by atoms with van der Waals surface area (Å²) in [5, 5.41) is 0. The van der Waals surface area contributed by atoms with Crippen molar-refractivity contribution in [2.45, 2.75) is 33.4 Å². The van der Waals surface area contributed by atoms with Gasteiger partial charge in [0.2, 0.25) is 0 Å². The summed E-state index contributed by atoms with van der Waals surface area (Å²) in [4.78, 5) is 2.03. The molecule has 1 aromatic rings. The van der Waals surface area contributed by atoms with E-state index in [4.69, 9.17) is 5.73 Å². The fourth-order valence-electron chi connectivity index (χ4n) is 1.71. The van der Waals surface area contributed by atoms with Gasteiger partial charge < -0.3 is 5.73 Å². The Bertz CT molecular complexity index is 406. The number of aryl methyl sites for hydroxylation is 3. The van der Waals surface area contributed by atoms with E-state index in [-0.39, 0.29) is 6.17 Å². The Hall–Kier alpha value is -1.12. The molecule has 2 nitrogen and oxygen atoms in total. The minimum Gasteiger partial charge on any atom is -0.315 e. The highest BCUT2D eigenvalue weighted by molar-refractivity contribution is 5.56. The quantitative estimate of drug-likeness (QED) is 0.809. The molecule has 0 aliphatic rings. The largest absolute Gasteiger partial charge is 0.315 e. The molecule has 1 atom stereocenters. The Morgan fingerprint density at radius 2 is 1.71 bits per heavy atom. The molecular formula is C15H24N2. The first-order chi connectivity index (χ1) is 7.91. The van der Waals surface area contributed by atoms with Gasteiger partial charge in [-0.3, -0.25) is 4.90 Å². The van der Waals surface area contributed by atoms with Crippen molar-refractivity contribution in [1.82, 2.24) is 4.90 Å². The maximum absolute atomic E-state index is 5.95. The summed E-state index contributed by atoms with van der Waals surface area (Å²) < 4.78 is 0. The zero-order chi connectivity index (χ0) is 13.0. The summed E-state index contributed by atoms with van der Waals surface area (Å²) in [6.07, 6.45) is 5.30. The van der Waals surface area contributed by atoms with Crippen molar-refractivity contribution in [3.05, 3.63) is 40.5 Å². The molecule has 17 heavy (non-hydrogen) atoms. The summed E-state index contributed by atoms with van der Waals surface area (Å²) in [6.45, 7) is 6.45. The van der Waals surface area contributed by atoms with Crippen LogP contribution in [0.15, 0.2) is 18.2 Å². The normalized spacial score (nSPS) is 13.6. The van der Waals surface area contributed by atoms with Gasteiger partial charge in [-0.15, -0.1) is 0 Å². The fourth-order valence-corrected chi connectivity index (χ4v) is 1.71. The lowest BCUT2D eigenvalue weighted by Crippen LogP contribution is -2.35. The lowest BCUT2D eigenvalue weighted by molar-refractivity contribution is 0.303. The number of hydrogen-bond donors (Lipinski definition) is 1. The number of nitrogens with zero attached hydrogens (tertiary/aromatic N) is 1. The lowest BCUT2D eigenvalue weighted by Gasteiger charge is -2.17. The predicted molar refractivity (Wildman–Crippen MR) is 76.0 cm³/mol. The molecule has 0 aromatic heterocycles. The Kier molecular flexibility index (Phi) is 4.91. The van der Waals surface area contributed by atoms with Crippen LogP contribution >= 0.6 is 0 Å². The molecule has 1 unspecified atom stereocenters. The van der Waals surface area contributed by atoms with E-state index in [1.807, 2.05) is 19.0 Å². The van der Waals surface area contributed by atoms with Crippen LogP contribution in [0, 0.1) is 20.8 Å². The third-order valence-electron chi connectivity index (χ3n) is 3.22. The summed E-state index contributed by atoms with van der Waals surface area (Å²) in [6, 6.07) is 4.48. The van der Waals surface area contributed by atoms with Gasteiger partial charge in [-0.25, -0.2) is 0 Å². The van der Waals surface area contributed by atoms with Crippen molar-refractivity contribution in [3.63, 3.8) is 0 Å².